The van der Waals surface area contributed by atoms with Crippen LogP contribution in [0.1, 0.15) is 36.8 Å². The van der Waals surface area contributed by atoms with Gasteiger partial charge in [0.2, 0.25) is 0 Å². The number of rotatable bonds is 3. The Labute approximate surface area is 84.7 Å². The lowest BCUT2D eigenvalue weighted by Gasteiger charge is -2.08. The van der Waals surface area contributed by atoms with Crippen molar-refractivity contribution in [3.05, 3.63) is 17.0 Å². The first-order valence-electron chi connectivity index (χ1n) is 5.18. The van der Waals surface area contributed by atoms with Crippen LogP contribution in [-0.2, 0) is 19.6 Å². The van der Waals surface area contributed by atoms with Gasteiger partial charge in [-0.2, -0.15) is 5.10 Å². The average Bonchev–Trinajstić information content (AvgIpc) is 2.67. The van der Waals surface area contributed by atoms with E-state index in [1.807, 2.05) is 7.05 Å². The third-order valence-electron chi connectivity index (χ3n) is 2.63. The molecule has 78 valence electrons. The fourth-order valence-corrected chi connectivity index (χ4v) is 1.99. The maximum atomic E-state index is 4.64. The van der Waals surface area contributed by atoms with Gasteiger partial charge in [-0.15, -0.1) is 0 Å². The van der Waals surface area contributed by atoms with Gasteiger partial charge in [-0.3, -0.25) is 4.68 Å². The zero-order valence-corrected chi connectivity index (χ0v) is 9.09. The van der Waals surface area contributed by atoms with Crippen LogP contribution in [0.25, 0.3) is 0 Å². The van der Waals surface area contributed by atoms with Crippen LogP contribution in [0.2, 0.25) is 0 Å². The van der Waals surface area contributed by atoms with E-state index in [2.05, 4.69) is 34.3 Å². The van der Waals surface area contributed by atoms with Crippen molar-refractivity contribution in [2.24, 2.45) is 0 Å². The van der Waals surface area contributed by atoms with Gasteiger partial charge in [0, 0.05) is 31.2 Å². The smallest absolute Gasteiger partial charge is 0.0810 e. The molecule has 0 radical (unpaired) electrons. The van der Waals surface area contributed by atoms with E-state index < -0.39 is 0 Å². The Morgan fingerprint density at radius 1 is 1.50 bits per heavy atom. The van der Waals surface area contributed by atoms with Crippen LogP contribution in [0.5, 0.6) is 0 Å². The summed E-state index contributed by atoms with van der Waals surface area (Å²) < 4.78 is 2.14. The predicted molar refractivity (Wildman–Crippen MR) is 55.9 cm³/mol. The number of fused-ring (bicyclic) bond motifs is 1. The molecule has 1 aromatic heterocycles. The molecule has 0 saturated heterocycles. The minimum atomic E-state index is 0.453. The highest BCUT2D eigenvalue weighted by Gasteiger charge is 2.22. The van der Waals surface area contributed by atoms with E-state index >= 15 is 0 Å². The Balaban J connectivity index is 2.39. The molecule has 1 aromatic rings. The summed E-state index contributed by atoms with van der Waals surface area (Å²) in [5.74, 6) is 0. The standard InChI is InChI=1S/C10H18N4/c1-7(2)14-10-6-12-4-8(10)9(13-14)5-11-3/h7,11-12H,4-6H2,1-3H3. The maximum absolute atomic E-state index is 4.64. The third-order valence-corrected chi connectivity index (χ3v) is 2.63. The highest BCUT2D eigenvalue weighted by molar-refractivity contribution is 5.30. The first-order chi connectivity index (χ1) is 6.74. The maximum Gasteiger partial charge on any atom is 0.0810 e. The predicted octanol–water partition coefficient (Wildman–Crippen LogP) is 0.787. The number of nitrogens with zero attached hydrogens (tertiary/aromatic N) is 2. The molecular formula is C10H18N4. The highest BCUT2D eigenvalue weighted by atomic mass is 15.3. The van der Waals surface area contributed by atoms with Crippen LogP contribution in [0.15, 0.2) is 0 Å². The molecule has 4 nitrogen and oxygen atoms in total. The molecule has 1 aliphatic rings. The first kappa shape index (κ1) is 9.68. The second-order valence-electron chi connectivity index (χ2n) is 4.04. The zero-order chi connectivity index (χ0) is 10.1. The summed E-state index contributed by atoms with van der Waals surface area (Å²) in [6.07, 6.45) is 0. The lowest BCUT2D eigenvalue weighted by Crippen LogP contribution is -2.13. The highest BCUT2D eigenvalue weighted by Crippen LogP contribution is 2.22. The molecule has 14 heavy (non-hydrogen) atoms. The van der Waals surface area contributed by atoms with Crippen molar-refractivity contribution in [2.45, 2.75) is 39.5 Å². The topological polar surface area (TPSA) is 41.9 Å². The summed E-state index contributed by atoms with van der Waals surface area (Å²) in [5, 5.41) is 11.2. The first-order valence-corrected chi connectivity index (χ1v) is 5.18. The van der Waals surface area contributed by atoms with Crippen LogP contribution in [0.4, 0.5) is 0 Å². The molecule has 4 heteroatoms. The minimum absolute atomic E-state index is 0.453. The van der Waals surface area contributed by atoms with Crippen molar-refractivity contribution in [2.75, 3.05) is 7.05 Å². The van der Waals surface area contributed by atoms with E-state index in [9.17, 15) is 0 Å². The zero-order valence-electron chi connectivity index (χ0n) is 9.09. The Bertz CT molecular complexity index is 327. The lowest BCUT2D eigenvalue weighted by atomic mass is 10.2. The van der Waals surface area contributed by atoms with Crippen molar-refractivity contribution >= 4 is 0 Å². The van der Waals surface area contributed by atoms with Crippen LogP contribution in [0, 0.1) is 0 Å². The summed E-state index contributed by atoms with van der Waals surface area (Å²) in [7, 11) is 1.96. The molecule has 0 unspecified atom stereocenters. The van der Waals surface area contributed by atoms with Gasteiger partial charge in [-0.05, 0) is 20.9 Å². The average molecular weight is 194 g/mol. The van der Waals surface area contributed by atoms with Gasteiger partial charge in [0.1, 0.15) is 0 Å². The quantitative estimate of drug-likeness (QED) is 0.747. The second kappa shape index (κ2) is 3.71. The Morgan fingerprint density at radius 2 is 2.29 bits per heavy atom. The molecule has 2 rings (SSSR count). The van der Waals surface area contributed by atoms with Crippen molar-refractivity contribution < 1.29 is 0 Å². The molecule has 0 atom stereocenters. The Hall–Kier alpha value is -0.870. The summed E-state index contributed by atoms with van der Waals surface area (Å²) in [6.45, 7) is 7.15. The number of nitrogens with one attached hydrogen (secondary N) is 2. The van der Waals surface area contributed by atoms with Gasteiger partial charge in [-0.1, -0.05) is 0 Å². The van der Waals surface area contributed by atoms with E-state index in [1.54, 1.807) is 0 Å². The van der Waals surface area contributed by atoms with Gasteiger partial charge >= 0.3 is 0 Å². The van der Waals surface area contributed by atoms with E-state index in [-0.39, 0.29) is 0 Å². The molecule has 2 N–H and O–H groups in total. The van der Waals surface area contributed by atoms with Crippen LogP contribution in [0.3, 0.4) is 0 Å². The molecule has 0 spiro atoms. The molecule has 0 aliphatic carbocycles. The minimum Gasteiger partial charge on any atom is -0.314 e. The summed E-state index contributed by atoms with van der Waals surface area (Å²) in [6, 6.07) is 0.453. The molecule has 1 aliphatic heterocycles. The van der Waals surface area contributed by atoms with Crippen molar-refractivity contribution in [3.8, 4) is 0 Å². The summed E-state index contributed by atoms with van der Waals surface area (Å²) in [5.41, 5.74) is 3.96. The van der Waals surface area contributed by atoms with Crippen molar-refractivity contribution in [1.82, 2.24) is 20.4 Å². The van der Waals surface area contributed by atoms with E-state index in [4.69, 9.17) is 0 Å². The molecular weight excluding hydrogens is 176 g/mol. The summed E-state index contributed by atoms with van der Waals surface area (Å²) >= 11 is 0. The molecule has 0 bridgehead atoms. The normalized spacial score (nSPS) is 15.1. The van der Waals surface area contributed by atoms with Gasteiger partial charge in [0.05, 0.1) is 11.4 Å². The van der Waals surface area contributed by atoms with Gasteiger partial charge in [0.15, 0.2) is 0 Å². The van der Waals surface area contributed by atoms with Crippen molar-refractivity contribution in [1.29, 1.82) is 0 Å². The molecule has 0 aromatic carbocycles. The molecule has 0 amide bonds. The van der Waals surface area contributed by atoms with Gasteiger partial charge in [-0.25, -0.2) is 0 Å². The van der Waals surface area contributed by atoms with E-state index in [1.165, 1.54) is 17.0 Å². The van der Waals surface area contributed by atoms with Crippen LogP contribution >= 0.6 is 0 Å². The fraction of sp³-hybridized carbons (Fsp3) is 0.700. The fourth-order valence-electron chi connectivity index (χ4n) is 1.99. The number of hydrogen-bond donors (Lipinski definition) is 2. The monoisotopic (exact) mass is 194 g/mol. The summed E-state index contributed by atoms with van der Waals surface area (Å²) in [4.78, 5) is 0. The molecule has 0 fully saturated rings. The van der Waals surface area contributed by atoms with Crippen LogP contribution in [-0.4, -0.2) is 16.8 Å². The van der Waals surface area contributed by atoms with E-state index in [0.717, 1.165) is 19.6 Å². The third kappa shape index (κ3) is 1.44. The Morgan fingerprint density at radius 3 is 2.93 bits per heavy atom. The Kier molecular flexibility index (Phi) is 2.56. The van der Waals surface area contributed by atoms with Crippen LogP contribution < -0.4 is 10.6 Å². The second-order valence-corrected chi connectivity index (χ2v) is 4.04. The lowest BCUT2D eigenvalue weighted by molar-refractivity contribution is 0.497. The van der Waals surface area contributed by atoms with Crippen molar-refractivity contribution in [3.63, 3.8) is 0 Å². The molecule has 2 heterocycles. The molecule has 0 saturated carbocycles. The van der Waals surface area contributed by atoms with E-state index in [0.29, 0.717) is 6.04 Å². The number of hydrogen-bond acceptors (Lipinski definition) is 3. The number of aromatic nitrogens is 2. The largest absolute Gasteiger partial charge is 0.314 e. The van der Waals surface area contributed by atoms with Gasteiger partial charge < -0.3 is 10.6 Å². The SMILES string of the molecule is CNCc1nn(C(C)C)c2c1CNC2. The van der Waals surface area contributed by atoms with Gasteiger partial charge in [0.25, 0.3) is 0 Å².